The van der Waals surface area contributed by atoms with Crippen molar-refractivity contribution >= 4 is 44.6 Å². The molecule has 1 aliphatic heterocycles. The minimum absolute atomic E-state index is 0.0270. The number of hydroxylamine groups is 2. The largest absolute Gasteiger partial charge is 0.525 e. The average molecular weight is 403 g/mol. The molecule has 0 radical (unpaired) electrons. The normalized spacial score (nSPS) is 16.4. The van der Waals surface area contributed by atoms with E-state index in [1.807, 2.05) is 12.1 Å². The summed E-state index contributed by atoms with van der Waals surface area (Å²) in [5, 5.41) is 11.1. The second-order valence-corrected chi connectivity index (χ2v) is 6.28. The van der Waals surface area contributed by atoms with Crippen molar-refractivity contribution in [2.75, 3.05) is 13.1 Å². The Kier molecular flexibility index (Phi) is 4.84. The van der Waals surface area contributed by atoms with Crippen molar-refractivity contribution in [3.8, 4) is 5.75 Å². The third-order valence-electron chi connectivity index (χ3n) is 3.54. The van der Waals surface area contributed by atoms with Crippen LogP contribution >= 0.6 is 27.5 Å². The molecule has 0 spiro atoms. The molecule has 0 bridgehead atoms. The van der Waals surface area contributed by atoms with Crippen LogP contribution in [0.1, 0.15) is 12.8 Å². The number of piperidine rings is 1. The van der Waals surface area contributed by atoms with Crippen molar-refractivity contribution in [1.29, 1.82) is 0 Å². The van der Waals surface area contributed by atoms with Gasteiger partial charge in [0.25, 0.3) is 0 Å². The predicted octanol–water partition coefficient (Wildman–Crippen LogP) is 3.50. The summed E-state index contributed by atoms with van der Waals surface area (Å²) in [7, 11) is 0. The van der Waals surface area contributed by atoms with Gasteiger partial charge in [0.2, 0.25) is 0 Å². The van der Waals surface area contributed by atoms with E-state index in [4.69, 9.17) is 21.4 Å². The molecular weight excluding hydrogens is 390 g/mol. The number of nitrogens with zero attached hydrogens (tertiary/aromatic N) is 3. The fourth-order valence-corrected chi connectivity index (χ4v) is 3.07. The standard InChI is InChI=1S/C14H13BrClN3O4/c15-10-6-11-9(13(16)18-7-17-11)5-12(10)22-8-1-3-19(4-2-8)23-14(20)21/h5-8H,1-4H2,(H,20,21). The molecule has 0 atom stereocenters. The summed E-state index contributed by atoms with van der Waals surface area (Å²) in [6.45, 7) is 0.984. The summed E-state index contributed by atoms with van der Waals surface area (Å²) in [5.41, 5.74) is 0.730. The number of benzene rings is 1. The first-order chi connectivity index (χ1) is 11.0. The number of hydrogen-bond donors (Lipinski definition) is 1. The Labute approximate surface area is 145 Å². The fourth-order valence-electron chi connectivity index (χ4n) is 2.45. The van der Waals surface area contributed by atoms with Crippen molar-refractivity contribution in [3.05, 3.63) is 28.1 Å². The van der Waals surface area contributed by atoms with E-state index in [-0.39, 0.29) is 6.10 Å². The van der Waals surface area contributed by atoms with Crippen LogP contribution in [0.25, 0.3) is 10.9 Å². The van der Waals surface area contributed by atoms with Gasteiger partial charge in [0.1, 0.15) is 23.3 Å². The molecule has 3 rings (SSSR count). The van der Waals surface area contributed by atoms with Gasteiger partial charge in [-0.05, 0) is 28.1 Å². The Morgan fingerprint density at radius 2 is 2.09 bits per heavy atom. The van der Waals surface area contributed by atoms with Crippen LogP contribution < -0.4 is 4.74 Å². The zero-order chi connectivity index (χ0) is 16.4. The number of fused-ring (bicyclic) bond motifs is 1. The number of hydrogen-bond acceptors (Lipinski definition) is 6. The van der Waals surface area contributed by atoms with Crippen LogP contribution in [0, 0.1) is 0 Å². The van der Waals surface area contributed by atoms with Crippen LogP contribution in [-0.2, 0) is 4.84 Å². The van der Waals surface area contributed by atoms with Crippen LogP contribution in [-0.4, -0.2) is 45.5 Å². The summed E-state index contributed by atoms with van der Waals surface area (Å²) in [6, 6.07) is 3.64. The molecule has 0 saturated carbocycles. The van der Waals surface area contributed by atoms with Gasteiger partial charge in [-0.2, -0.15) is 0 Å². The third kappa shape index (κ3) is 3.82. The van der Waals surface area contributed by atoms with Gasteiger partial charge in [-0.15, -0.1) is 5.06 Å². The van der Waals surface area contributed by atoms with Crippen LogP contribution in [0.15, 0.2) is 22.9 Å². The van der Waals surface area contributed by atoms with Gasteiger partial charge in [0.15, 0.2) is 0 Å². The van der Waals surface area contributed by atoms with E-state index < -0.39 is 6.16 Å². The number of ether oxygens (including phenoxy) is 1. The maximum Gasteiger partial charge on any atom is 0.525 e. The second-order valence-electron chi connectivity index (χ2n) is 5.07. The van der Waals surface area contributed by atoms with Crippen LogP contribution in [0.3, 0.4) is 0 Å². The first-order valence-corrected chi connectivity index (χ1v) is 8.12. The lowest BCUT2D eigenvalue weighted by Crippen LogP contribution is -2.39. The van der Waals surface area contributed by atoms with Crippen LogP contribution in [0.2, 0.25) is 5.15 Å². The highest BCUT2D eigenvalue weighted by Crippen LogP contribution is 2.33. The summed E-state index contributed by atoms with van der Waals surface area (Å²) in [5.74, 6) is 0.659. The smallest absolute Gasteiger partial charge is 0.489 e. The highest BCUT2D eigenvalue weighted by Gasteiger charge is 2.24. The Bertz CT molecular complexity index is 737. The van der Waals surface area contributed by atoms with Gasteiger partial charge >= 0.3 is 6.16 Å². The van der Waals surface area contributed by atoms with Crippen LogP contribution in [0.4, 0.5) is 4.79 Å². The molecular formula is C14H13BrClN3O4. The van der Waals surface area contributed by atoms with E-state index in [0.29, 0.717) is 36.8 Å². The fraction of sp³-hybridized carbons (Fsp3) is 0.357. The SMILES string of the molecule is O=C(O)ON1CCC(Oc2cc3c(Cl)ncnc3cc2Br)CC1. The lowest BCUT2D eigenvalue weighted by atomic mass is 10.1. The Hall–Kier alpha value is -1.64. The lowest BCUT2D eigenvalue weighted by molar-refractivity contribution is -0.140. The summed E-state index contributed by atoms with van der Waals surface area (Å²) in [6.07, 6.45) is 1.42. The van der Waals surface area contributed by atoms with E-state index in [0.717, 1.165) is 15.4 Å². The number of halogens is 2. The van der Waals surface area contributed by atoms with Crippen molar-refractivity contribution in [3.63, 3.8) is 0 Å². The number of aromatic nitrogens is 2. The Morgan fingerprint density at radius 1 is 1.35 bits per heavy atom. The monoisotopic (exact) mass is 401 g/mol. The lowest BCUT2D eigenvalue weighted by Gasteiger charge is -2.30. The molecule has 122 valence electrons. The zero-order valence-corrected chi connectivity index (χ0v) is 14.2. The molecule has 1 aromatic carbocycles. The topological polar surface area (TPSA) is 84.8 Å². The molecule has 1 aromatic heterocycles. The molecule has 2 aromatic rings. The molecule has 1 fully saturated rings. The molecule has 2 heterocycles. The molecule has 7 nitrogen and oxygen atoms in total. The molecule has 0 amide bonds. The predicted molar refractivity (Wildman–Crippen MR) is 86.6 cm³/mol. The Morgan fingerprint density at radius 3 is 2.78 bits per heavy atom. The van der Waals surface area contributed by atoms with E-state index in [1.54, 1.807) is 0 Å². The summed E-state index contributed by atoms with van der Waals surface area (Å²) < 4.78 is 6.79. The van der Waals surface area contributed by atoms with Gasteiger partial charge in [-0.3, -0.25) is 0 Å². The maximum absolute atomic E-state index is 10.5. The minimum atomic E-state index is -1.30. The summed E-state index contributed by atoms with van der Waals surface area (Å²) >= 11 is 9.56. The molecule has 1 N–H and O–H groups in total. The van der Waals surface area contributed by atoms with E-state index in [9.17, 15) is 4.79 Å². The van der Waals surface area contributed by atoms with Crippen molar-refractivity contribution in [2.24, 2.45) is 0 Å². The zero-order valence-electron chi connectivity index (χ0n) is 11.9. The number of carboxylic acid groups (broad SMARTS) is 1. The van der Waals surface area contributed by atoms with Gasteiger partial charge in [-0.1, -0.05) is 11.6 Å². The molecule has 0 unspecified atom stereocenters. The molecule has 9 heteroatoms. The quantitative estimate of drug-likeness (QED) is 0.786. The number of rotatable bonds is 3. The van der Waals surface area contributed by atoms with E-state index >= 15 is 0 Å². The van der Waals surface area contributed by atoms with Crippen molar-refractivity contribution < 1.29 is 19.5 Å². The highest BCUT2D eigenvalue weighted by molar-refractivity contribution is 9.10. The van der Waals surface area contributed by atoms with E-state index in [2.05, 4.69) is 30.7 Å². The van der Waals surface area contributed by atoms with Gasteiger partial charge in [-0.25, -0.2) is 14.8 Å². The molecule has 23 heavy (non-hydrogen) atoms. The molecule has 1 aliphatic rings. The van der Waals surface area contributed by atoms with Gasteiger partial charge in [0, 0.05) is 31.3 Å². The number of carbonyl (C=O) groups is 1. The van der Waals surface area contributed by atoms with Crippen molar-refractivity contribution in [2.45, 2.75) is 18.9 Å². The molecule has 0 aliphatic carbocycles. The van der Waals surface area contributed by atoms with Gasteiger partial charge < -0.3 is 14.7 Å². The first-order valence-electron chi connectivity index (χ1n) is 6.95. The van der Waals surface area contributed by atoms with Crippen LogP contribution in [0.5, 0.6) is 5.75 Å². The van der Waals surface area contributed by atoms with Gasteiger partial charge in [0.05, 0.1) is 9.99 Å². The highest BCUT2D eigenvalue weighted by atomic mass is 79.9. The van der Waals surface area contributed by atoms with E-state index in [1.165, 1.54) is 11.4 Å². The first kappa shape index (κ1) is 16.2. The second kappa shape index (κ2) is 6.86. The average Bonchev–Trinajstić information content (AvgIpc) is 2.50. The summed E-state index contributed by atoms with van der Waals surface area (Å²) in [4.78, 5) is 23.3. The maximum atomic E-state index is 10.5. The third-order valence-corrected chi connectivity index (χ3v) is 4.46. The Balaban J connectivity index is 1.71. The molecule has 1 saturated heterocycles. The minimum Gasteiger partial charge on any atom is -0.489 e. The van der Waals surface area contributed by atoms with Crippen molar-refractivity contribution in [1.82, 2.24) is 15.0 Å².